The maximum Gasteiger partial charge on any atom is 0.0907 e. The number of aryl methyl sites for hydroxylation is 1. The first kappa shape index (κ1) is 12.2. The fourth-order valence-electron chi connectivity index (χ4n) is 1.68. The highest BCUT2D eigenvalue weighted by atomic mass is 79.9. The molecule has 0 radical (unpaired) electrons. The molecule has 5 heteroatoms. The van der Waals surface area contributed by atoms with Gasteiger partial charge in [-0.15, -0.1) is 0 Å². The van der Waals surface area contributed by atoms with E-state index in [1.54, 1.807) is 12.4 Å². The summed E-state index contributed by atoms with van der Waals surface area (Å²) in [5.41, 5.74) is 5.70. The lowest BCUT2D eigenvalue weighted by Crippen LogP contribution is -2.30. The van der Waals surface area contributed by atoms with Crippen LogP contribution in [-0.2, 0) is 0 Å². The molecular weight excluding hydrogens is 280 g/mol. The van der Waals surface area contributed by atoms with Gasteiger partial charge in [-0.05, 0) is 46.1 Å². The number of rotatable bonds is 3. The van der Waals surface area contributed by atoms with Crippen molar-refractivity contribution >= 4 is 15.9 Å². The molecule has 1 atom stereocenters. The third kappa shape index (κ3) is 2.69. The number of halogens is 1. The summed E-state index contributed by atoms with van der Waals surface area (Å²) in [7, 11) is 0. The SMILES string of the molecule is Cc1cncc(C(NN)c2ncccc2Br)c1. The first-order valence-corrected chi connectivity index (χ1v) is 5.99. The van der Waals surface area contributed by atoms with Crippen LogP contribution in [0.15, 0.2) is 41.3 Å². The van der Waals surface area contributed by atoms with Crippen molar-refractivity contribution in [3.63, 3.8) is 0 Å². The van der Waals surface area contributed by atoms with E-state index in [4.69, 9.17) is 5.84 Å². The molecule has 0 aliphatic rings. The number of hydrogen-bond donors (Lipinski definition) is 2. The van der Waals surface area contributed by atoms with Gasteiger partial charge >= 0.3 is 0 Å². The molecule has 3 N–H and O–H groups in total. The van der Waals surface area contributed by atoms with Crippen LogP contribution < -0.4 is 11.3 Å². The summed E-state index contributed by atoms with van der Waals surface area (Å²) in [5, 5.41) is 0. The van der Waals surface area contributed by atoms with E-state index in [1.807, 2.05) is 31.3 Å². The van der Waals surface area contributed by atoms with Gasteiger partial charge < -0.3 is 0 Å². The average molecular weight is 293 g/mol. The lowest BCUT2D eigenvalue weighted by Gasteiger charge is -2.17. The third-order valence-corrected chi connectivity index (χ3v) is 3.13. The molecule has 17 heavy (non-hydrogen) atoms. The van der Waals surface area contributed by atoms with Crippen LogP contribution in [0.3, 0.4) is 0 Å². The summed E-state index contributed by atoms with van der Waals surface area (Å²) in [6.45, 7) is 2.00. The third-order valence-electron chi connectivity index (χ3n) is 2.46. The Morgan fingerprint density at radius 1 is 1.41 bits per heavy atom. The highest BCUT2D eigenvalue weighted by molar-refractivity contribution is 9.10. The Bertz CT molecular complexity index is 515. The van der Waals surface area contributed by atoms with Crippen LogP contribution in [-0.4, -0.2) is 9.97 Å². The summed E-state index contributed by atoms with van der Waals surface area (Å²) in [5.74, 6) is 5.62. The number of nitrogens with two attached hydrogens (primary N) is 1. The predicted molar refractivity (Wildman–Crippen MR) is 70.1 cm³/mol. The molecule has 2 aromatic heterocycles. The van der Waals surface area contributed by atoms with E-state index >= 15 is 0 Å². The number of hydrazine groups is 1. The van der Waals surface area contributed by atoms with Gasteiger partial charge in [0, 0.05) is 23.1 Å². The first-order valence-electron chi connectivity index (χ1n) is 5.20. The minimum absolute atomic E-state index is 0.169. The molecule has 0 aliphatic heterocycles. The Labute approximate surface area is 108 Å². The van der Waals surface area contributed by atoms with Crippen molar-refractivity contribution in [2.75, 3.05) is 0 Å². The molecule has 88 valence electrons. The molecule has 0 amide bonds. The number of nitrogens with one attached hydrogen (secondary N) is 1. The second-order valence-corrected chi connectivity index (χ2v) is 4.62. The second-order valence-electron chi connectivity index (χ2n) is 3.77. The van der Waals surface area contributed by atoms with E-state index in [1.165, 1.54) is 0 Å². The van der Waals surface area contributed by atoms with Gasteiger partial charge in [-0.25, -0.2) is 5.43 Å². The summed E-state index contributed by atoms with van der Waals surface area (Å²) in [4.78, 5) is 8.51. The van der Waals surface area contributed by atoms with Crippen molar-refractivity contribution in [3.05, 3.63) is 58.1 Å². The Morgan fingerprint density at radius 3 is 2.88 bits per heavy atom. The normalized spacial score (nSPS) is 12.4. The zero-order valence-corrected chi connectivity index (χ0v) is 11.0. The molecule has 2 aromatic rings. The van der Waals surface area contributed by atoms with Crippen molar-refractivity contribution < 1.29 is 0 Å². The summed E-state index contributed by atoms with van der Waals surface area (Å²) >= 11 is 3.48. The van der Waals surface area contributed by atoms with Crippen molar-refractivity contribution in [2.45, 2.75) is 13.0 Å². The highest BCUT2D eigenvalue weighted by Crippen LogP contribution is 2.25. The lowest BCUT2D eigenvalue weighted by molar-refractivity contribution is 0.615. The van der Waals surface area contributed by atoms with Crippen LogP contribution >= 0.6 is 15.9 Å². The zero-order valence-electron chi connectivity index (χ0n) is 9.39. The summed E-state index contributed by atoms with van der Waals surface area (Å²) in [6, 6.07) is 5.68. The van der Waals surface area contributed by atoms with Gasteiger partial charge in [0.25, 0.3) is 0 Å². The molecule has 0 saturated carbocycles. The van der Waals surface area contributed by atoms with Gasteiger partial charge in [0.2, 0.25) is 0 Å². The number of aromatic nitrogens is 2. The van der Waals surface area contributed by atoms with Gasteiger partial charge in [0.1, 0.15) is 0 Å². The largest absolute Gasteiger partial charge is 0.271 e. The van der Waals surface area contributed by atoms with Gasteiger partial charge in [0.05, 0.1) is 11.7 Å². The molecule has 1 unspecified atom stereocenters. The maximum atomic E-state index is 5.62. The van der Waals surface area contributed by atoms with Crippen molar-refractivity contribution in [1.82, 2.24) is 15.4 Å². The van der Waals surface area contributed by atoms with Gasteiger partial charge in [-0.1, -0.05) is 6.07 Å². The average Bonchev–Trinajstić information content (AvgIpc) is 2.33. The number of nitrogens with zero attached hydrogens (tertiary/aromatic N) is 2. The smallest absolute Gasteiger partial charge is 0.0907 e. The zero-order chi connectivity index (χ0) is 12.3. The van der Waals surface area contributed by atoms with Crippen molar-refractivity contribution in [2.24, 2.45) is 5.84 Å². The monoisotopic (exact) mass is 292 g/mol. The molecule has 0 aliphatic carbocycles. The molecular formula is C12H13BrN4. The summed E-state index contributed by atoms with van der Waals surface area (Å²) in [6.07, 6.45) is 5.34. The van der Waals surface area contributed by atoms with E-state index < -0.39 is 0 Å². The highest BCUT2D eigenvalue weighted by Gasteiger charge is 2.16. The van der Waals surface area contributed by atoms with Crippen LogP contribution in [0.4, 0.5) is 0 Å². The predicted octanol–water partition coefficient (Wildman–Crippen LogP) is 2.10. The van der Waals surface area contributed by atoms with Gasteiger partial charge in [-0.3, -0.25) is 15.8 Å². The van der Waals surface area contributed by atoms with E-state index in [-0.39, 0.29) is 6.04 Å². The molecule has 0 aromatic carbocycles. The topological polar surface area (TPSA) is 63.8 Å². The van der Waals surface area contributed by atoms with Gasteiger partial charge in [0.15, 0.2) is 0 Å². The standard InChI is InChI=1S/C12H13BrN4/c1-8-5-9(7-15-6-8)11(17-14)12-10(13)3-2-4-16-12/h2-7,11,17H,14H2,1H3. The Balaban J connectivity index is 2.44. The quantitative estimate of drug-likeness (QED) is 0.672. The molecule has 4 nitrogen and oxygen atoms in total. The molecule has 0 saturated heterocycles. The minimum Gasteiger partial charge on any atom is -0.271 e. The van der Waals surface area contributed by atoms with E-state index in [0.717, 1.165) is 21.3 Å². The van der Waals surface area contributed by atoms with Crippen molar-refractivity contribution in [1.29, 1.82) is 0 Å². The molecule has 0 spiro atoms. The number of pyridine rings is 2. The van der Waals surface area contributed by atoms with Crippen LogP contribution in [0.2, 0.25) is 0 Å². The molecule has 0 bridgehead atoms. The van der Waals surface area contributed by atoms with Crippen LogP contribution in [0.25, 0.3) is 0 Å². The van der Waals surface area contributed by atoms with E-state index in [2.05, 4.69) is 31.3 Å². The van der Waals surface area contributed by atoms with Crippen LogP contribution in [0.5, 0.6) is 0 Å². The Morgan fingerprint density at radius 2 is 2.24 bits per heavy atom. The minimum atomic E-state index is -0.169. The summed E-state index contributed by atoms with van der Waals surface area (Å²) < 4.78 is 0.921. The van der Waals surface area contributed by atoms with Crippen molar-refractivity contribution in [3.8, 4) is 0 Å². The maximum absolute atomic E-state index is 5.62. The Hall–Kier alpha value is -1.30. The Kier molecular flexibility index (Phi) is 3.83. The molecule has 2 rings (SSSR count). The molecule has 0 fully saturated rings. The fraction of sp³-hybridized carbons (Fsp3) is 0.167. The van der Waals surface area contributed by atoms with Crippen LogP contribution in [0.1, 0.15) is 22.9 Å². The number of hydrogen-bond acceptors (Lipinski definition) is 4. The van der Waals surface area contributed by atoms with Crippen LogP contribution in [0, 0.1) is 6.92 Å². The van der Waals surface area contributed by atoms with E-state index in [9.17, 15) is 0 Å². The van der Waals surface area contributed by atoms with Gasteiger partial charge in [-0.2, -0.15) is 0 Å². The van der Waals surface area contributed by atoms with E-state index in [0.29, 0.717) is 0 Å². The lowest BCUT2D eigenvalue weighted by atomic mass is 10.0. The fourth-order valence-corrected chi connectivity index (χ4v) is 2.16. The first-order chi connectivity index (χ1) is 8.22. The second kappa shape index (κ2) is 5.35. The molecule has 2 heterocycles.